The van der Waals surface area contributed by atoms with Crippen molar-refractivity contribution in [2.24, 2.45) is 0 Å². The van der Waals surface area contributed by atoms with Gasteiger partial charge in [0.25, 0.3) is 0 Å². The SMILES string of the molecule is CN1Cc2cc(-c3ccc(NC(=O)OC(C)(C)C)nn3)ccc2[C@H](c2ccc3ccccc3c2)C1. The summed E-state index contributed by atoms with van der Waals surface area (Å²) in [5, 5.41) is 13.7. The second-order valence-corrected chi connectivity index (χ2v) is 10.2. The number of ether oxygens (including phenoxy) is 1. The highest BCUT2D eigenvalue weighted by molar-refractivity contribution is 5.84. The van der Waals surface area contributed by atoms with E-state index in [4.69, 9.17) is 4.74 Å². The van der Waals surface area contributed by atoms with E-state index in [-0.39, 0.29) is 0 Å². The number of nitrogens with zero attached hydrogens (tertiary/aromatic N) is 3. The zero-order valence-corrected chi connectivity index (χ0v) is 20.6. The van der Waals surface area contributed by atoms with E-state index in [0.29, 0.717) is 11.7 Å². The summed E-state index contributed by atoms with van der Waals surface area (Å²) >= 11 is 0. The van der Waals surface area contributed by atoms with Crippen LogP contribution in [0.2, 0.25) is 0 Å². The molecule has 0 unspecified atom stereocenters. The van der Waals surface area contributed by atoms with Crippen LogP contribution in [0.15, 0.2) is 72.8 Å². The number of benzene rings is 3. The van der Waals surface area contributed by atoms with E-state index in [1.54, 1.807) is 6.07 Å². The Morgan fingerprint density at radius 2 is 1.77 bits per heavy atom. The molecule has 1 amide bonds. The van der Waals surface area contributed by atoms with Gasteiger partial charge in [-0.05, 0) is 73.5 Å². The number of fused-ring (bicyclic) bond motifs is 2. The molecule has 1 atom stereocenters. The first-order valence-electron chi connectivity index (χ1n) is 11.9. The lowest BCUT2D eigenvalue weighted by molar-refractivity contribution is 0.0635. The number of carbonyl (C=O) groups is 1. The molecule has 0 bridgehead atoms. The third kappa shape index (κ3) is 5.17. The first-order valence-corrected chi connectivity index (χ1v) is 11.9. The molecule has 2 heterocycles. The van der Waals surface area contributed by atoms with Crippen LogP contribution in [0.1, 0.15) is 43.4 Å². The highest BCUT2D eigenvalue weighted by Gasteiger charge is 2.25. The van der Waals surface area contributed by atoms with Gasteiger partial charge in [0.2, 0.25) is 0 Å². The molecule has 0 aliphatic carbocycles. The van der Waals surface area contributed by atoms with Crippen LogP contribution in [0.5, 0.6) is 0 Å². The molecule has 4 aromatic rings. The normalized spacial score (nSPS) is 16.1. The monoisotopic (exact) mass is 466 g/mol. The van der Waals surface area contributed by atoms with Gasteiger partial charge in [0.15, 0.2) is 5.82 Å². The highest BCUT2D eigenvalue weighted by atomic mass is 16.6. The topological polar surface area (TPSA) is 67.4 Å². The fourth-order valence-electron chi connectivity index (χ4n) is 4.68. The Labute approximate surface area is 205 Å². The molecule has 178 valence electrons. The van der Waals surface area contributed by atoms with Crippen LogP contribution in [-0.4, -0.2) is 40.4 Å². The number of amides is 1. The van der Waals surface area contributed by atoms with E-state index in [2.05, 4.69) is 88.1 Å². The second kappa shape index (κ2) is 9.12. The maximum absolute atomic E-state index is 12.0. The molecule has 1 aromatic heterocycles. The number of hydrogen-bond acceptors (Lipinski definition) is 5. The summed E-state index contributed by atoms with van der Waals surface area (Å²) in [6, 6.07) is 25.5. The summed E-state index contributed by atoms with van der Waals surface area (Å²) in [7, 11) is 2.17. The number of anilines is 1. The number of likely N-dealkylation sites (N-methyl/N-ethyl adjacent to an activating group) is 1. The molecule has 1 aliphatic heterocycles. The van der Waals surface area contributed by atoms with Crippen LogP contribution in [0, 0.1) is 0 Å². The number of nitrogens with one attached hydrogen (secondary N) is 1. The molecule has 0 radical (unpaired) electrons. The van der Waals surface area contributed by atoms with Crippen molar-refractivity contribution in [1.29, 1.82) is 0 Å². The molecule has 3 aromatic carbocycles. The lowest BCUT2D eigenvalue weighted by Gasteiger charge is -2.33. The summed E-state index contributed by atoms with van der Waals surface area (Å²) in [6.45, 7) is 7.33. The van der Waals surface area contributed by atoms with E-state index < -0.39 is 11.7 Å². The van der Waals surface area contributed by atoms with Crippen LogP contribution >= 0.6 is 0 Å². The zero-order valence-electron chi connectivity index (χ0n) is 20.6. The zero-order chi connectivity index (χ0) is 24.6. The number of hydrogen-bond donors (Lipinski definition) is 1. The van der Waals surface area contributed by atoms with E-state index >= 15 is 0 Å². The maximum atomic E-state index is 12.0. The molecular weight excluding hydrogens is 436 g/mol. The van der Waals surface area contributed by atoms with Crippen LogP contribution in [0.3, 0.4) is 0 Å². The van der Waals surface area contributed by atoms with Crippen molar-refractivity contribution < 1.29 is 9.53 Å². The molecule has 1 aliphatic rings. The van der Waals surface area contributed by atoms with Gasteiger partial charge in [-0.1, -0.05) is 54.6 Å². The van der Waals surface area contributed by atoms with E-state index in [9.17, 15) is 4.79 Å². The molecule has 1 N–H and O–H groups in total. The minimum absolute atomic E-state index is 0.314. The van der Waals surface area contributed by atoms with Gasteiger partial charge >= 0.3 is 6.09 Å². The maximum Gasteiger partial charge on any atom is 0.413 e. The number of carbonyl (C=O) groups excluding carboxylic acids is 1. The van der Waals surface area contributed by atoms with Crippen molar-refractivity contribution in [3.05, 3.63) is 89.5 Å². The Balaban J connectivity index is 1.39. The minimum Gasteiger partial charge on any atom is -0.444 e. The average Bonchev–Trinajstić information content (AvgIpc) is 2.82. The Morgan fingerprint density at radius 1 is 0.971 bits per heavy atom. The van der Waals surface area contributed by atoms with Gasteiger partial charge < -0.3 is 9.64 Å². The lowest BCUT2D eigenvalue weighted by atomic mass is 9.83. The van der Waals surface area contributed by atoms with Crippen molar-refractivity contribution in [2.45, 2.75) is 38.8 Å². The summed E-state index contributed by atoms with van der Waals surface area (Å²) in [5.74, 6) is 0.672. The lowest BCUT2D eigenvalue weighted by Crippen LogP contribution is -2.31. The van der Waals surface area contributed by atoms with Gasteiger partial charge in [-0.2, -0.15) is 0 Å². The predicted molar refractivity (Wildman–Crippen MR) is 139 cm³/mol. The molecule has 5 rings (SSSR count). The third-order valence-corrected chi connectivity index (χ3v) is 6.22. The number of aromatic nitrogens is 2. The Kier molecular flexibility index (Phi) is 5.99. The minimum atomic E-state index is -0.571. The van der Waals surface area contributed by atoms with Gasteiger partial charge in [0.1, 0.15) is 5.60 Å². The van der Waals surface area contributed by atoms with Crippen LogP contribution in [-0.2, 0) is 11.3 Å². The summed E-state index contributed by atoms with van der Waals surface area (Å²) < 4.78 is 5.28. The van der Waals surface area contributed by atoms with Crippen LogP contribution in [0.4, 0.5) is 10.6 Å². The van der Waals surface area contributed by atoms with Crippen LogP contribution < -0.4 is 5.32 Å². The van der Waals surface area contributed by atoms with E-state index in [1.165, 1.54) is 27.5 Å². The first kappa shape index (κ1) is 23.0. The Hall–Kier alpha value is -3.77. The molecule has 6 nitrogen and oxygen atoms in total. The van der Waals surface area contributed by atoms with E-state index in [0.717, 1.165) is 24.3 Å². The van der Waals surface area contributed by atoms with Gasteiger partial charge in [-0.3, -0.25) is 5.32 Å². The molecule has 0 saturated heterocycles. The van der Waals surface area contributed by atoms with Crippen molar-refractivity contribution in [3.8, 4) is 11.3 Å². The highest BCUT2D eigenvalue weighted by Crippen LogP contribution is 2.36. The van der Waals surface area contributed by atoms with Gasteiger partial charge in [-0.15, -0.1) is 10.2 Å². The van der Waals surface area contributed by atoms with Gasteiger partial charge in [-0.25, -0.2) is 4.79 Å². The predicted octanol–water partition coefficient (Wildman–Crippen LogP) is 6.22. The largest absolute Gasteiger partial charge is 0.444 e. The quantitative estimate of drug-likeness (QED) is 0.388. The van der Waals surface area contributed by atoms with Gasteiger partial charge in [0.05, 0.1) is 5.69 Å². The standard InChI is InChI=1S/C29H30N4O2/c1-29(2,3)35-28(34)30-27-14-13-26(31-32-27)22-11-12-24-23(16-22)17-33(4)18-25(24)21-10-9-19-7-5-6-8-20(19)15-21/h5-16,25H,17-18H2,1-4H3,(H,30,32,34)/t25-/m0/s1. The molecule has 0 saturated carbocycles. The summed E-state index contributed by atoms with van der Waals surface area (Å²) in [5.41, 5.74) is 5.19. The van der Waals surface area contributed by atoms with Crippen molar-refractivity contribution in [1.82, 2.24) is 15.1 Å². The first-order chi connectivity index (χ1) is 16.7. The molecule has 0 fully saturated rings. The molecule has 0 spiro atoms. The molecular formula is C29H30N4O2. The molecule has 6 heteroatoms. The Bertz CT molecular complexity index is 1380. The second-order valence-electron chi connectivity index (χ2n) is 10.2. The fraction of sp³-hybridized carbons (Fsp3) is 0.276. The average molecular weight is 467 g/mol. The Morgan fingerprint density at radius 3 is 2.51 bits per heavy atom. The van der Waals surface area contributed by atoms with E-state index in [1.807, 2.05) is 26.8 Å². The van der Waals surface area contributed by atoms with Crippen molar-refractivity contribution >= 4 is 22.7 Å². The van der Waals surface area contributed by atoms with Crippen LogP contribution in [0.25, 0.3) is 22.0 Å². The third-order valence-electron chi connectivity index (χ3n) is 6.22. The van der Waals surface area contributed by atoms with Gasteiger partial charge in [0, 0.05) is 24.6 Å². The molecule has 35 heavy (non-hydrogen) atoms. The summed E-state index contributed by atoms with van der Waals surface area (Å²) in [4.78, 5) is 14.4. The van der Waals surface area contributed by atoms with Crippen molar-refractivity contribution in [2.75, 3.05) is 18.9 Å². The summed E-state index contributed by atoms with van der Waals surface area (Å²) in [6.07, 6.45) is -0.545. The fourth-order valence-corrected chi connectivity index (χ4v) is 4.68. The van der Waals surface area contributed by atoms with Crippen molar-refractivity contribution in [3.63, 3.8) is 0 Å². The number of rotatable bonds is 3. The smallest absolute Gasteiger partial charge is 0.413 e.